The number of nitrogens with zero attached hydrogens (tertiary/aromatic N) is 1. The summed E-state index contributed by atoms with van der Waals surface area (Å²) in [5.41, 5.74) is 2.16. The summed E-state index contributed by atoms with van der Waals surface area (Å²) >= 11 is 4.14. The molecule has 190 valence electrons. The Morgan fingerprint density at radius 3 is 2.50 bits per heavy atom. The average Bonchev–Trinajstić information content (AvgIpc) is 3.19. The van der Waals surface area contributed by atoms with Crippen molar-refractivity contribution in [1.29, 1.82) is 0 Å². The largest absolute Gasteiger partial charge is 0.493 e. The fraction of sp³-hybridized carbons (Fsp3) is 0.100. The van der Waals surface area contributed by atoms with Crippen molar-refractivity contribution < 1.29 is 23.9 Å². The predicted octanol–water partition coefficient (Wildman–Crippen LogP) is 7.11. The van der Waals surface area contributed by atoms with Gasteiger partial charge in [0.25, 0.3) is 11.1 Å². The van der Waals surface area contributed by atoms with Crippen LogP contribution in [0, 0.1) is 0 Å². The molecule has 0 radical (unpaired) electrons. The summed E-state index contributed by atoms with van der Waals surface area (Å²) in [6, 6.07) is 26.3. The Bertz CT molecular complexity index is 1580. The number of carbonyl (C=O) groups excluding carboxylic acids is 3. The van der Waals surface area contributed by atoms with Gasteiger partial charge in [0.2, 0.25) is 0 Å². The monoisotopic (exact) mass is 587 g/mol. The second kappa shape index (κ2) is 11.2. The van der Waals surface area contributed by atoms with Crippen molar-refractivity contribution in [3.8, 4) is 11.5 Å². The third-order valence-electron chi connectivity index (χ3n) is 6.09. The van der Waals surface area contributed by atoms with Crippen LogP contribution < -0.4 is 9.47 Å². The second-order valence-electron chi connectivity index (χ2n) is 8.54. The highest BCUT2D eigenvalue weighted by Gasteiger charge is 2.36. The minimum Gasteiger partial charge on any atom is -0.493 e. The number of rotatable bonds is 8. The van der Waals surface area contributed by atoms with Crippen molar-refractivity contribution in [2.24, 2.45) is 0 Å². The van der Waals surface area contributed by atoms with Crippen LogP contribution in [0.2, 0.25) is 0 Å². The zero-order chi connectivity index (χ0) is 26.6. The third-order valence-corrected chi connectivity index (χ3v) is 7.53. The van der Waals surface area contributed by atoms with Crippen molar-refractivity contribution in [2.75, 3.05) is 13.7 Å². The van der Waals surface area contributed by atoms with Crippen LogP contribution in [0.5, 0.6) is 11.5 Å². The van der Waals surface area contributed by atoms with Gasteiger partial charge in [0.1, 0.15) is 6.61 Å². The molecule has 6 nitrogen and oxygen atoms in total. The summed E-state index contributed by atoms with van der Waals surface area (Å²) in [6.07, 6.45) is 1.62. The van der Waals surface area contributed by atoms with Crippen LogP contribution in [0.25, 0.3) is 16.8 Å². The first kappa shape index (κ1) is 25.8. The lowest BCUT2D eigenvalue weighted by Gasteiger charge is -2.13. The fourth-order valence-corrected chi connectivity index (χ4v) is 5.23. The Morgan fingerprint density at radius 1 is 0.947 bits per heavy atom. The molecule has 0 spiro atoms. The first-order valence-electron chi connectivity index (χ1n) is 11.7. The molecule has 1 aliphatic heterocycles. The van der Waals surface area contributed by atoms with Gasteiger partial charge in [0.05, 0.1) is 18.6 Å². The number of fused-ring (bicyclic) bond motifs is 1. The van der Waals surface area contributed by atoms with E-state index in [1.807, 2.05) is 24.3 Å². The smallest absolute Gasteiger partial charge is 0.293 e. The highest BCUT2D eigenvalue weighted by Crippen LogP contribution is 2.35. The summed E-state index contributed by atoms with van der Waals surface area (Å²) in [5.74, 6) is 0.255. The molecule has 8 heteroatoms. The summed E-state index contributed by atoms with van der Waals surface area (Å²) in [5, 5.41) is 1.79. The molecule has 0 atom stereocenters. The van der Waals surface area contributed by atoms with E-state index in [0.29, 0.717) is 29.2 Å². The van der Waals surface area contributed by atoms with Crippen LogP contribution in [0.1, 0.15) is 21.5 Å². The molecule has 0 bridgehead atoms. The minimum atomic E-state index is -0.499. The third kappa shape index (κ3) is 5.51. The maximum atomic E-state index is 12.9. The van der Waals surface area contributed by atoms with Crippen LogP contribution in [0.15, 0.2) is 94.3 Å². The highest BCUT2D eigenvalue weighted by molar-refractivity contribution is 9.10. The molecule has 0 N–H and O–H groups in total. The van der Waals surface area contributed by atoms with Crippen LogP contribution >= 0.6 is 27.7 Å². The van der Waals surface area contributed by atoms with Gasteiger partial charge in [0.15, 0.2) is 17.3 Å². The maximum absolute atomic E-state index is 12.9. The van der Waals surface area contributed by atoms with E-state index in [9.17, 15) is 14.4 Å². The fourth-order valence-electron chi connectivity index (χ4n) is 4.13. The lowest BCUT2D eigenvalue weighted by molar-refractivity contribution is -0.122. The molecular formula is C30H22BrNO5S. The molecule has 0 unspecified atom stereocenters. The normalized spacial score (nSPS) is 14.4. The topological polar surface area (TPSA) is 72.9 Å². The number of thioether (sulfide) groups is 1. The van der Waals surface area contributed by atoms with Crippen molar-refractivity contribution in [1.82, 2.24) is 4.90 Å². The highest BCUT2D eigenvalue weighted by atomic mass is 79.9. The molecule has 38 heavy (non-hydrogen) atoms. The number of ketones is 1. The molecule has 5 rings (SSSR count). The number of amides is 2. The molecule has 1 fully saturated rings. The van der Waals surface area contributed by atoms with E-state index >= 15 is 0 Å². The van der Waals surface area contributed by atoms with Crippen molar-refractivity contribution >= 4 is 61.5 Å². The van der Waals surface area contributed by atoms with Gasteiger partial charge in [0, 0.05) is 10.0 Å². The number of halogens is 1. The summed E-state index contributed by atoms with van der Waals surface area (Å²) < 4.78 is 12.4. The Hall–Kier alpha value is -3.88. The molecular weight excluding hydrogens is 566 g/mol. The lowest BCUT2D eigenvalue weighted by atomic mass is 10.1. The predicted molar refractivity (Wildman–Crippen MR) is 152 cm³/mol. The van der Waals surface area contributed by atoms with E-state index in [1.54, 1.807) is 55.7 Å². The Balaban J connectivity index is 1.30. The average molecular weight is 588 g/mol. The molecule has 1 aliphatic rings. The summed E-state index contributed by atoms with van der Waals surface area (Å²) in [7, 11) is 1.55. The molecule has 0 saturated carbocycles. The number of benzene rings is 4. The van der Waals surface area contributed by atoms with Crippen molar-refractivity contribution in [3.05, 3.63) is 111 Å². The molecule has 1 heterocycles. The van der Waals surface area contributed by atoms with Crippen LogP contribution in [0.4, 0.5) is 4.79 Å². The zero-order valence-corrected chi connectivity index (χ0v) is 22.8. The van der Waals surface area contributed by atoms with Crippen molar-refractivity contribution in [2.45, 2.75) is 6.61 Å². The zero-order valence-electron chi connectivity index (χ0n) is 20.3. The van der Waals surface area contributed by atoms with E-state index < -0.39 is 11.1 Å². The second-order valence-corrected chi connectivity index (χ2v) is 10.4. The van der Waals surface area contributed by atoms with E-state index in [4.69, 9.17) is 9.47 Å². The number of imide groups is 1. The van der Waals surface area contributed by atoms with Crippen LogP contribution in [0.3, 0.4) is 0 Å². The molecule has 0 aromatic heterocycles. The SMILES string of the molecule is COc1cc(C=C2SC(=O)N(CC(=O)c3ccc(Br)cc3)C2=O)ccc1OCc1cccc2ccccc12. The Morgan fingerprint density at radius 2 is 1.71 bits per heavy atom. The summed E-state index contributed by atoms with van der Waals surface area (Å²) in [4.78, 5) is 39.3. The molecule has 4 aromatic carbocycles. The van der Waals surface area contributed by atoms with Gasteiger partial charge in [-0.3, -0.25) is 19.3 Å². The van der Waals surface area contributed by atoms with Gasteiger partial charge in [-0.1, -0.05) is 76.6 Å². The van der Waals surface area contributed by atoms with E-state index in [0.717, 1.165) is 37.5 Å². The number of Topliss-reactive ketones (excluding diaryl/α,β-unsaturated/α-hetero) is 1. The minimum absolute atomic E-state index is 0.241. The Kier molecular flexibility index (Phi) is 7.62. The van der Waals surface area contributed by atoms with Gasteiger partial charge in [-0.05, 0) is 64.0 Å². The van der Waals surface area contributed by atoms with E-state index in [2.05, 4.69) is 34.1 Å². The lowest BCUT2D eigenvalue weighted by Crippen LogP contribution is -2.33. The van der Waals surface area contributed by atoms with E-state index in [-0.39, 0.29) is 17.2 Å². The summed E-state index contributed by atoms with van der Waals surface area (Å²) in [6.45, 7) is 0.0518. The molecule has 4 aromatic rings. The van der Waals surface area contributed by atoms with Gasteiger partial charge in [-0.15, -0.1) is 0 Å². The van der Waals surface area contributed by atoms with Gasteiger partial charge in [-0.25, -0.2) is 0 Å². The molecule has 2 amide bonds. The van der Waals surface area contributed by atoms with E-state index in [1.165, 1.54) is 0 Å². The number of hydrogen-bond acceptors (Lipinski definition) is 6. The molecule has 1 saturated heterocycles. The number of ether oxygens (including phenoxy) is 2. The van der Waals surface area contributed by atoms with Crippen molar-refractivity contribution in [3.63, 3.8) is 0 Å². The standard InChI is InChI=1S/C30H22BrNO5S/c1-36-27-15-19(9-14-26(27)37-18-22-7-4-6-20-5-2-3-8-24(20)22)16-28-29(34)32(30(35)38-28)17-25(33)21-10-12-23(31)13-11-21/h2-16H,17-18H2,1H3. The van der Waals surface area contributed by atoms with Crippen LogP contribution in [-0.2, 0) is 11.4 Å². The maximum Gasteiger partial charge on any atom is 0.293 e. The first-order valence-corrected chi connectivity index (χ1v) is 13.4. The quantitative estimate of drug-likeness (QED) is 0.161. The van der Waals surface area contributed by atoms with Gasteiger partial charge < -0.3 is 9.47 Å². The molecule has 0 aliphatic carbocycles. The van der Waals surface area contributed by atoms with Gasteiger partial charge in [-0.2, -0.15) is 0 Å². The van der Waals surface area contributed by atoms with Crippen LogP contribution in [-0.4, -0.2) is 35.5 Å². The number of carbonyl (C=O) groups is 3. The number of hydrogen-bond donors (Lipinski definition) is 0. The first-order chi connectivity index (χ1) is 18.4. The number of methoxy groups -OCH3 is 1. The Labute approximate surface area is 232 Å². The van der Waals surface area contributed by atoms with Gasteiger partial charge >= 0.3 is 0 Å².